The van der Waals surface area contributed by atoms with Crippen LogP contribution in [0.4, 0.5) is 0 Å². The van der Waals surface area contributed by atoms with Gasteiger partial charge in [-0.2, -0.15) is 0 Å². The van der Waals surface area contributed by atoms with Crippen molar-refractivity contribution in [3.63, 3.8) is 0 Å². The van der Waals surface area contributed by atoms with Gasteiger partial charge in [0.05, 0.1) is 5.56 Å². The van der Waals surface area contributed by atoms with Gasteiger partial charge in [-0.25, -0.2) is 0 Å². The van der Waals surface area contributed by atoms with E-state index in [9.17, 15) is 4.79 Å². The summed E-state index contributed by atoms with van der Waals surface area (Å²) in [6, 6.07) is 15.7. The van der Waals surface area contributed by atoms with E-state index < -0.39 is 0 Å². The van der Waals surface area contributed by atoms with Crippen molar-refractivity contribution in [1.82, 2.24) is 10.3 Å². The summed E-state index contributed by atoms with van der Waals surface area (Å²) in [5.41, 5.74) is 3.01. The Balaban J connectivity index is 0.00000280. The molecule has 2 aromatic carbocycles. The normalized spacial score (nSPS) is 11.2. The monoisotopic (exact) mass is 400 g/mol. The average Bonchev–Trinajstić information content (AvgIpc) is 3.12. The number of H-pyrrole nitrogens is 1. The van der Waals surface area contributed by atoms with Crippen LogP contribution in [-0.4, -0.2) is 29.5 Å². The number of para-hydroxylation sites is 1. The molecule has 0 saturated heterocycles. The Kier molecular flexibility index (Phi) is 7.67. The lowest BCUT2D eigenvalue weighted by atomic mass is 10.00. The number of benzene rings is 2. The van der Waals surface area contributed by atoms with Crippen molar-refractivity contribution in [2.45, 2.75) is 39.2 Å². The highest BCUT2D eigenvalue weighted by Gasteiger charge is 2.14. The molecule has 0 aliphatic carbocycles. The van der Waals surface area contributed by atoms with Crippen molar-refractivity contribution in [3.05, 3.63) is 65.9 Å². The molecule has 150 valence electrons. The molecule has 2 N–H and O–H groups in total. The van der Waals surface area contributed by atoms with E-state index in [4.69, 9.17) is 4.74 Å². The van der Waals surface area contributed by atoms with E-state index in [1.807, 2.05) is 36.5 Å². The predicted molar refractivity (Wildman–Crippen MR) is 118 cm³/mol. The molecule has 0 amide bonds. The van der Waals surface area contributed by atoms with Gasteiger partial charge in [-0.15, -0.1) is 12.4 Å². The zero-order chi connectivity index (χ0) is 19.3. The van der Waals surface area contributed by atoms with Crippen LogP contribution in [0, 0.1) is 0 Å². The molecule has 28 heavy (non-hydrogen) atoms. The Bertz CT molecular complexity index is 912. The van der Waals surface area contributed by atoms with Crippen molar-refractivity contribution in [3.8, 4) is 5.75 Å². The van der Waals surface area contributed by atoms with Crippen molar-refractivity contribution in [2.75, 3.05) is 13.2 Å². The lowest BCUT2D eigenvalue weighted by molar-refractivity contribution is 0.0979. The van der Waals surface area contributed by atoms with Crippen LogP contribution in [0.25, 0.3) is 10.9 Å². The number of ether oxygens (including phenoxy) is 1. The fourth-order valence-corrected chi connectivity index (χ4v) is 3.16. The summed E-state index contributed by atoms with van der Waals surface area (Å²) < 4.78 is 5.88. The van der Waals surface area contributed by atoms with Crippen molar-refractivity contribution in [2.24, 2.45) is 0 Å². The van der Waals surface area contributed by atoms with E-state index >= 15 is 0 Å². The molecule has 3 rings (SSSR count). The molecule has 0 unspecified atom stereocenters. The third-order valence-electron chi connectivity index (χ3n) is 4.51. The first-order valence-electron chi connectivity index (χ1n) is 9.49. The molecule has 1 aromatic heterocycles. The lowest BCUT2D eigenvalue weighted by Gasteiger charge is -2.20. The van der Waals surface area contributed by atoms with Crippen LogP contribution in [0.5, 0.6) is 5.75 Å². The van der Waals surface area contributed by atoms with Gasteiger partial charge in [-0.1, -0.05) is 24.3 Å². The lowest BCUT2D eigenvalue weighted by Crippen LogP contribution is -2.38. The molecule has 0 spiro atoms. The van der Waals surface area contributed by atoms with Gasteiger partial charge in [-0.3, -0.25) is 4.79 Å². The van der Waals surface area contributed by atoms with Crippen molar-refractivity contribution < 1.29 is 9.53 Å². The summed E-state index contributed by atoms with van der Waals surface area (Å²) in [4.78, 5) is 16.0. The first-order chi connectivity index (χ1) is 12.9. The van der Waals surface area contributed by atoms with Gasteiger partial charge in [0.2, 0.25) is 0 Å². The third-order valence-corrected chi connectivity index (χ3v) is 4.51. The Labute approximate surface area is 173 Å². The van der Waals surface area contributed by atoms with Gasteiger partial charge < -0.3 is 15.0 Å². The van der Waals surface area contributed by atoms with Crippen LogP contribution in [0.1, 0.15) is 43.1 Å². The molecular formula is C23H29ClN2O2. The number of aromatic amines is 1. The summed E-state index contributed by atoms with van der Waals surface area (Å²) in [5, 5.41) is 4.57. The summed E-state index contributed by atoms with van der Waals surface area (Å²) in [6.07, 6.45) is 3.11. The standard InChI is InChI=1S/C23H28N2O2.ClH/c1-23(2,3)25-15-16-27-22-10-5-4-8-19(22)21(26)12-11-17-7-6-9-20-18(17)13-14-24-20;/h4-10,13-14,24-25H,11-12,15-16H2,1-3H3;1H. The number of hydrogen-bond donors (Lipinski definition) is 2. The number of Topliss-reactive ketones (excluding diaryl/α,β-unsaturated/α-hetero) is 1. The van der Waals surface area contributed by atoms with Crippen LogP contribution >= 0.6 is 12.4 Å². The fourth-order valence-electron chi connectivity index (χ4n) is 3.16. The van der Waals surface area contributed by atoms with Crippen molar-refractivity contribution in [1.29, 1.82) is 0 Å². The number of nitrogens with one attached hydrogen (secondary N) is 2. The van der Waals surface area contributed by atoms with E-state index in [1.165, 1.54) is 10.9 Å². The molecule has 0 fully saturated rings. The van der Waals surface area contributed by atoms with Gasteiger partial charge in [0.25, 0.3) is 0 Å². The minimum absolute atomic E-state index is 0. The largest absolute Gasteiger partial charge is 0.492 e. The number of rotatable bonds is 8. The van der Waals surface area contributed by atoms with Crippen molar-refractivity contribution >= 4 is 29.1 Å². The van der Waals surface area contributed by atoms with E-state index in [1.54, 1.807) is 0 Å². The molecule has 1 heterocycles. The zero-order valence-electron chi connectivity index (χ0n) is 16.7. The third kappa shape index (κ3) is 5.85. The summed E-state index contributed by atoms with van der Waals surface area (Å²) >= 11 is 0. The maximum Gasteiger partial charge on any atom is 0.166 e. The summed E-state index contributed by atoms with van der Waals surface area (Å²) in [7, 11) is 0. The Morgan fingerprint density at radius 3 is 2.64 bits per heavy atom. The van der Waals surface area contributed by atoms with E-state index in [2.05, 4.69) is 49.3 Å². The van der Waals surface area contributed by atoms with Gasteiger partial charge in [0, 0.05) is 35.6 Å². The second-order valence-corrected chi connectivity index (χ2v) is 7.80. The molecule has 0 saturated carbocycles. The van der Waals surface area contributed by atoms with Crippen LogP contribution in [-0.2, 0) is 6.42 Å². The quantitative estimate of drug-likeness (QED) is 0.405. The maximum atomic E-state index is 12.8. The fraction of sp³-hybridized carbons (Fsp3) is 0.348. The molecular weight excluding hydrogens is 372 g/mol. The van der Waals surface area contributed by atoms with Crippen LogP contribution in [0.15, 0.2) is 54.7 Å². The Morgan fingerprint density at radius 2 is 1.86 bits per heavy atom. The zero-order valence-corrected chi connectivity index (χ0v) is 17.6. The van der Waals surface area contributed by atoms with E-state index in [0.717, 1.165) is 12.1 Å². The smallest absolute Gasteiger partial charge is 0.166 e. The number of ketones is 1. The SMILES string of the molecule is CC(C)(C)NCCOc1ccccc1C(=O)CCc1cccc2[nH]ccc12.Cl. The first kappa shape index (κ1) is 22.0. The molecule has 0 aliphatic rings. The van der Waals surface area contributed by atoms with Crippen LogP contribution in [0.2, 0.25) is 0 Å². The first-order valence-corrected chi connectivity index (χ1v) is 9.49. The highest BCUT2D eigenvalue weighted by Crippen LogP contribution is 2.23. The number of aryl methyl sites for hydroxylation is 1. The molecule has 3 aromatic rings. The van der Waals surface area contributed by atoms with Gasteiger partial charge >= 0.3 is 0 Å². The number of halogens is 1. The van der Waals surface area contributed by atoms with Crippen LogP contribution < -0.4 is 10.1 Å². The second kappa shape index (κ2) is 9.76. The van der Waals surface area contributed by atoms with E-state index in [-0.39, 0.29) is 23.7 Å². The Hall–Kier alpha value is -2.30. The summed E-state index contributed by atoms with van der Waals surface area (Å²) in [6.45, 7) is 7.63. The maximum absolute atomic E-state index is 12.8. The molecule has 5 heteroatoms. The predicted octanol–water partition coefficient (Wildman–Crippen LogP) is 5.17. The second-order valence-electron chi connectivity index (χ2n) is 7.80. The number of carbonyl (C=O) groups excluding carboxylic acids is 1. The van der Waals surface area contributed by atoms with Gasteiger partial charge in [0.1, 0.15) is 12.4 Å². The molecule has 0 radical (unpaired) electrons. The molecule has 0 bridgehead atoms. The molecule has 0 atom stereocenters. The van der Waals surface area contributed by atoms with Crippen LogP contribution in [0.3, 0.4) is 0 Å². The number of hydrogen-bond acceptors (Lipinski definition) is 3. The Morgan fingerprint density at radius 1 is 1.07 bits per heavy atom. The molecule has 4 nitrogen and oxygen atoms in total. The highest BCUT2D eigenvalue weighted by molar-refractivity contribution is 5.99. The van der Waals surface area contributed by atoms with Gasteiger partial charge in [0.15, 0.2) is 5.78 Å². The number of aromatic nitrogens is 1. The highest BCUT2D eigenvalue weighted by atomic mass is 35.5. The summed E-state index contributed by atoms with van der Waals surface area (Å²) in [5.74, 6) is 0.778. The van der Waals surface area contributed by atoms with E-state index in [0.29, 0.717) is 30.8 Å². The minimum Gasteiger partial charge on any atom is -0.492 e. The minimum atomic E-state index is 0. The topological polar surface area (TPSA) is 54.1 Å². The molecule has 0 aliphatic heterocycles. The van der Waals surface area contributed by atoms with Gasteiger partial charge in [-0.05, 0) is 57.0 Å². The average molecular weight is 401 g/mol. The number of carbonyl (C=O) groups is 1. The number of fused-ring (bicyclic) bond motifs is 1.